The van der Waals surface area contributed by atoms with E-state index < -0.39 is 0 Å². The molecule has 126 valence electrons. The molecule has 0 saturated carbocycles. The molecule has 0 saturated heterocycles. The molecule has 0 atom stereocenters. The van der Waals surface area contributed by atoms with E-state index in [2.05, 4.69) is 16.0 Å². The number of urea groups is 1. The topological polar surface area (TPSA) is 70.2 Å². The molecule has 2 aromatic rings. The van der Waals surface area contributed by atoms with Gasteiger partial charge in [0.05, 0.1) is 0 Å². The number of para-hydroxylation sites is 1. The summed E-state index contributed by atoms with van der Waals surface area (Å²) < 4.78 is 13.2. The van der Waals surface area contributed by atoms with Crippen molar-refractivity contribution in [3.63, 3.8) is 0 Å². The zero-order valence-electron chi connectivity index (χ0n) is 13.4. The molecule has 2 rings (SSSR count). The number of rotatable bonds is 6. The van der Waals surface area contributed by atoms with Crippen molar-refractivity contribution in [3.8, 4) is 0 Å². The predicted octanol–water partition coefficient (Wildman–Crippen LogP) is 2.96. The minimum absolute atomic E-state index is 0.169. The van der Waals surface area contributed by atoms with Crippen molar-refractivity contribution in [2.24, 2.45) is 0 Å². The van der Waals surface area contributed by atoms with Crippen LogP contribution in [-0.2, 0) is 11.3 Å². The first-order chi connectivity index (χ1) is 11.5. The number of halogens is 1. The molecule has 0 aliphatic rings. The molecule has 24 heavy (non-hydrogen) atoms. The molecule has 0 aromatic heterocycles. The number of carbonyl (C=O) groups is 2. The Kier molecular flexibility index (Phi) is 6.31. The molecule has 3 amide bonds. The summed E-state index contributed by atoms with van der Waals surface area (Å²) in [7, 11) is 0. The van der Waals surface area contributed by atoms with Gasteiger partial charge in [-0.1, -0.05) is 30.3 Å². The van der Waals surface area contributed by atoms with Crippen LogP contribution in [0, 0.1) is 12.7 Å². The van der Waals surface area contributed by atoms with Crippen molar-refractivity contribution < 1.29 is 14.0 Å². The van der Waals surface area contributed by atoms with Crippen molar-refractivity contribution >= 4 is 17.6 Å². The summed E-state index contributed by atoms with van der Waals surface area (Å²) in [6.07, 6.45) is 0.169. The SMILES string of the molecule is Cc1cc(CNC(=O)CCNC(=O)Nc2ccccc2)ccc1F. The predicted molar refractivity (Wildman–Crippen MR) is 91.1 cm³/mol. The molecular formula is C18H20FN3O2. The number of hydrogen-bond acceptors (Lipinski definition) is 2. The molecule has 0 aliphatic carbocycles. The second-order valence-corrected chi connectivity index (χ2v) is 5.36. The normalized spacial score (nSPS) is 10.1. The van der Waals surface area contributed by atoms with Crippen molar-refractivity contribution in [1.29, 1.82) is 0 Å². The molecule has 0 aliphatic heterocycles. The fourth-order valence-electron chi connectivity index (χ4n) is 2.09. The maximum Gasteiger partial charge on any atom is 0.319 e. The van der Waals surface area contributed by atoms with Crippen molar-refractivity contribution in [2.45, 2.75) is 19.9 Å². The maximum absolute atomic E-state index is 13.2. The Morgan fingerprint density at radius 2 is 1.79 bits per heavy atom. The smallest absolute Gasteiger partial charge is 0.319 e. The Bertz CT molecular complexity index is 705. The Morgan fingerprint density at radius 1 is 1.04 bits per heavy atom. The van der Waals surface area contributed by atoms with Gasteiger partial charge in [-0.3, -0.25) is 4.79 Å². The van der Waals surface area contributed by atoms with Crippen LogP contribution in [-0.4, -0.2) is 18.5 Å². The van der Waals surface area contributed by atoms with Gasteiger partial charge in [0, 0.05) is 25.2 Å². The van der Waals surface area contributed by atoms with E-state index in [1.54, 1.807) is 31.2 Å². The molecule has 6 heteroatoms. The van der Waals surface area contributed by atoms with Gasteiger partial charge in [0.2, 0.25) is 5.91 Å². The molecule has 2 aromatic carbocycles. The monoisotopic (exact) mass is 329 g/mol. The molecule has 3 N–H and O–H groups in total. The summed E-state index contributed by atoms with van der Waals surface area (Å²) in [6.45, 7) is 2.24. The fraction of sp³-hybridized carbons (Fsp3) is 0.222. The van der Waals surface area contributed by atoms with Gasteiger partial charge in [0.25, 0.3) is 0 Å². The van der Waals surface area contributed by atoms with Crippen LogP contribution in [0.15, 0.2) is 48.5 Å². The first kappa shape index (κ1) is 17.5. The number of nitrogens with one attached hydrogen (secondary N) is 3. The first-order valence-electron chi connectivity index (χ1n) is 7.66. The first-order valence-corrected chi connectivity index (χ1v) is 7.66. The summed E-state index contributed by atoms with van der Waals surface area (Å²) in [4.78, 5) is 23.4. The summed E-state index contributed by atoms with van der Waals surface area (Å²) in [5, 5.41) is 8.02. The number of amides is 3. The van der Waals surface area contributed by atoms with Crippen molar-refractivity contribution in [3.05, 3.63) is 65.5 Å². The van der Waals surface area contributed by atoms with Crippen LogP contribution < -0.4 is 16.0 Å². The van der Waals surface area contributed by atoms with Crippen molar-refractivity contribution in [2.75, 3.05) is 11.9 Å². The number of anilines is 1. The third-order valence-corrected chi connectivity index (χ3v) is 3.38. The van der Waals surface area contributed by atoms with E-state index in [-0.39, 0.29) is 30.7 Å². The molecule has 0 bridgehead atoms. The van der Waals surface area contributed by atoms with Crippen molar-refractivity contribution in [1.82, 2.24) is 10.6 Å². The molecule has 0 spiro atoms. The van der Waals surface area contributed by atoms with E-state index in [0.717, 1.165) is 5.56 Å². The highest BCUT2D eigenvalue weighted by molar-refractivity contribution is 5.89. The van der Waals surface area contributed by atoms with Gasteiger partial charge in [-0.05, 0) is 36.2 Å². The lowest BCUT2D eigenvalue weighted by Crippen LogP contribution is -2.33. The molecule has 0 fully saturated rings. The molecule has 5 nitrogen and oxygen atoms in total. The van der Waals surface area contributed by atoms with E-state index in [0.29, 0.717) is 17.8 Å². The largest absolute Gasteiger partial charge is 0.352 e. The van der Waals surface area contributed by atoms with Gasteiger partial charge >= 0.3 is 6.03 Å². The number of carbonyl (C=O) groups excluding carboxylic acids is 2. The summed E-state index contributed by atoms with van der Waals surface area (Å²) in [6, 6.07) is 13.4. The number of benzene rings is 2. The molecule has 0 radical (unpaired) electrons. The summed E-state index contributed by atoms with van der Waals surface area (Å²) in [5.41, 5.74) is 2.06. The average Bonchev–Trinajstić information content (AvgIpc) is 2.57. The zero-order valence-corrected chi connectivity index (χ0v) is 13.4. The van der Waals surface area contributed by atoms with Gasteiger partial charge in [0.15, 0.2) is 0 Å². The average molecular weight is 329 g/mol. The molecular weight excluding hydrogens is 309 g/mol. The molecule has 0 unspecified atom stereocenters. The molecule has 0 heterocycles. The second-order valence-electron chi connectivity index (χ2n) is 5.36. The highest BCUT2D eigenvalue weighted by Crippen LogP contribution is 2.09. The van der Waals surface area contributed by atoms with E-state index in [1.165, 1.54) is 6.07 Å². The maximum atomic E-state index is 13.2. The van der Waals surface area contributed by atoms with Gasteiger partial charge in [-0.15, -0.1) is 0 Å². The zero-order chi connectivity index (χ0) is 17.4. The lowest BCUT2D eigenvalue weighted by Gasteiger charge is -2.09. The highest BCUT2D eigenvalue weighted by atomic mass is 19.1. The lowest BCUT2D eigenvalue weighted by atomic mass is 10.1. The lowest BCUT2D eigenvalue weighted by molar-refractivity contribution is -0.121. The van der Waals surface area contributed by atoms with E-state index in [1.807, 2.05) is 18.2 Å². The fourth-order valence-corrected chi connectivity index (χ4v) is 2.09. The Balaban J connectivity index is 1.66. The highest BCUT2D eigenvalue weighted by Gasteiger charge is 2.05. The summed E-state index contributed by atoms with van der Waals surface area (Å²) >= 11 is 0. The Morgan fingerprint density at radius 3 is 2.50 bits per heavy atom. The van der Waals surface area contributed by atoms with Gasteiger partial charge in [0.1, 0.15) is 5.82 Å². The van der Waals surface area contributed by atoms with Crippen LogP contribution in [0.5, 0.6) is 0 Å². The van der Waals surface area contributed by atoms with Crippen LogP contribution in [0.3, 0.4) is 0 Å². The third kappa shape index (κ3) is 5.72. The standard InChI is InChI=1S/C18H20FN3O2/c1-13-11-14(7-8-16(13)19)12-21-17(23)9-10-20-18(24)22-15-5-3-2-4-6-15/h2-8,11H,9-10,12H2,1H3,(H,21,23)(H2,20,22,24). The third-order valence-electron chi connectivity index (χ3n) is 3.38. The number of aryl methyl sites for hydroxylation is 1. The number of hydrogen-bond donors (Lipinski definition) is 3. The Labute approximate surface area is 140 Å². The van der Waals surface area contributed by atoms with Gasteiger partial charge in [-0.2, -0.15) is 0 Å². The van der Waals surface area contributed by atoms with Crippen LogP contribution >= 0.6 is 0 Å². The van der Waals surface area contributed by atoms with Crippen LogP contribution in [0.2, 0.25) is 0 Å². The van der Waals surface area contributed by atoms with E-state index >= 15 is 0 Å². The van der Waals surface area contributed by atoms with Gasteiger partial charge in [-0.25, -0.2) is 9.18 Å². The van der Waals surface area contributed by atoms with Gasteiger partial charge < -0.3 is 16.0 Å². The Hall–Kier alpha value is -2.89. The minimum Gasteiger partial charge on any atom is -0.352 e. The van der Waals surface area contributed by atoms with E-state index in [9.17, 15) is 14.0 Å². The van der Waals surface area contributed by atoms with Crippen LogP contribution in [0.25, 0.3) is 0 Å². The summed E-state index contributed by atoms with van der Waals surface area (Å²) in [5.74, 6) is -0.448. The van der Waals surface area contributed by atoms with Crippen LogP contribution in [0.4, 0.5) is 14.9 Å². The quantitative estimate of drug-likeness (QED) is 0.762. The minimum atomic E-state index is -0.358. The second kappa shape index (κ2) is 8.67. The van der Waals surface area contributed by atoms with Crippen LogP contribution in [0.1, 0.15) is 17.5 Å². The van der Waals surface area contributed by atoms with E-state index in [4.69, 9.17) is 0 Å².